The molecule has 3 nitrogen and oxygen atoms in total. The van der Waals surface area contributed by atoms with Crippen molar-refractivity contribution in [2.75, 3.05) is 0 Å². The number of aromatic nitrogens is 2. The predicted molar refractivity (Wildman–Crippen MR) is 78.0 cm³/mol. The van der Waals surface area contributed by atoms with Gasteiger partial charge in [-0.2, -0.15) is 5.10 Å². The first-order valence-electron chi connectivity index (χ1n) is 7.75. The second-order valence-electron chi connectivity index (χ2n) is 6.59. The normalized spacial score (nSPS) is 20.1. The van der Waals surface area contributed by atoms with Crippen LogP contribution in [0.2, 0.25) is 0 Å². The van der Waals surface area contributed by atoms with Gasteiger partial charge in [0.05, 0.1) is 12.3 Å². The molecule has 108 valence electrons. The van der Waals surface area contributed by atoms with Crippen molar-refractivity contribution in [1.29, 1.82) is 0 Å². The maximum absolute atomic E-state index is 10.7. The maximum Gasteiger partial charge on any atom is 0.0637 e. The monoisotopic (exact) mass is 264 g/mol. The minimum absolute atomic E-state index is 0.155. The Morgan fingerprint density at radius 2 is 2.05 bits per heavy atom. The molecule has 1 aliphatic carbocycles. The first-order chi connectivity index (χ1) is 9.05. The van der Waals surface area contributed by atoms with E-state index in [1.165, 1.54) is 31.2 Å². The van der Waals surface area contributed by atoms with E-state index in [0.29, 0.717) is 5.92 Å². The Hall–Kier alpha value is -0.830. The Bertz CT molecular complexity index is 391. The van der Waals surface area contributed by atoms with Gasteiger partial charge < -0.3 is 5.11 Å². The van der Waals surface area contributed by atoms with Gasteiger partial charge >= 0.3 is 0 Å². The fourth-order valence-corrected chi connectivity index (χ4v) is 3.69. The van der Waals surface area contributed by atoms with Gasteiger partial charge in [-0.1, -0.05) is 26.7 Å². The van der Waals surface area contributed by atoms with Gasteiger partial charge in [0.25, 0.3) is 0 Å². The van der Waals surface area contributed by atoms with Crippen LogP contribution in [-0.4, -0.2) is 21.0 Å². The van der Waals surface area contributed by atoms with Crippen LogP contribution in [0.1, 0.15) is 58.4 Å². The Morgan fingerprint density at radius 1 is 1.37 bits per heavy atom. The van der Waals surface area contributed by atoms with Crippen molar-refractivity contribution in [3.63, 3.8) is 0 Å². The fraction of sp³-hybridized carbons (Fsp3) is 0.812. The molecule has 0 aromatic carbocycles. The lowest BCUT2D eigenvalue weighted by Gasteiger charge is -2.36. The minimum Gasteiger partial charge on any atom is -0.392 e. The topological polar surface area (TPSA) is 38.0 Å². The number of rotatable bonds is 6. The van der Waals surface area contributed by atoms with Gasteiger partial charge in [-0.25, -0.2) is 0 Å². The SMILES string of the molecule is CCn1cc(CC(O)C2(CC(C)C)CCCC2)cn1. The molecule has 1 aromatic heterocycles. The highest BCUT2D eigenvalue weighted by atomic mass is 16.3. The zero-order valence-corrected chi connectivity index (χ0v) is 12.6. The average molecular weight is 264 g/mol. The molecule has 0 bridgehead atoms. The third kappa shape index (κ3) is 3.38. The second kappa shape index (κ2) is 6.08. The molecule has 0 saturated heterocycles. The minimum atomic E-state index is -0.216. The van der Waals surface area contributed by atoms with E-state index in [0.717, 1.165) is 19.4 Å². The molecule has 0 aliphatic heterocycles. The molecule has 1 unspecified atom stereocenters. The van der Waals surface area contributed by atoms with Gasteiger partial charge in [0, 0.05) is 19.2 Å². The number of hydrogen-bond acceptors (Lipinski definition) is 2. The van der Waals surface area contributed by atoms with Crippen LogP contribution in [0, 0.1) is 11.3 Å². The summed E-state index contributed by atoms with van der Waals surface area (Å²) in [6, 6.07) is 0. The lowest BCUT2D eigenvalue weighted by Crippen LogP contribution is -2.35. The second-order valence-corrected chi connectivity index (χ2v) is 6.59. The molecule has 0 amide bonds. The molecule has 1 atom stereocenters. The highest BCUT2D eigenvalue weighted by Gasteiger charge is 2.40. The first-order valence-corrected chi connectivity index (χ1v) is 7.75. The molecule has 2 rings (SSSR count). The molecule has 3 heteroatoms. The van der Waals surface area contributed by atoms with E-state index in [2.05, 4.69) is 32.1 Å². The van der Waals surface area contributed by atoms with Crippen LogP contribution in [0.25, 0.3) is 0 Å². The molecule has 0 spiro atoms. The summed E-state index contributed by atoms with van der Waals surface area (Å²) in [5.41, 5.74) is 1.33. The van der Waals surface area contributed by atoms with Crippen LogP contribution in [0.5, 0.6) is 0 Å². The zero-order valence-electron chi connectivity index (χ0n) is 12.6. The largest absolute Gasteiger partial charge is 0.392 e. The zero-order chi connectivity index (χ0) is 13.9. The Kier molecular flexibility index (Phi) is 4.67. The molecule has 1 N–H and O–H groups in total. The van der Waals surface area contributed by atoms with E-state index in [9.17, 15) is 5.11 Å². The van der Waals surface area contributed by atoms with E-state index in [4.69, 9.17) is 0 Å². The number of aliphatic hydroxyl groups excluding tert-OH is 1. The van der Waals surface area contributed by atoms with Crippen molar-refractivity contribution in [1.82, 2.24) is 9.78 Å². The summed E-state index contributed by atoms with van der Waals surface area (Å²) in [5.74, 6) is 0.658. The Morgan fingerprint density at radius 3 is 2.58 bits per heavy atom. The van der Waals surface area contributed by atoms with Crippen molar-refractivity contribution in [3.8, 4) is 0 Å². The molecule has 1 fully saturated rings. The van der Waals surface area contributed by atoms with Gasteiger partial charge in [-0.3, -0.25) is 4.68 Å². The van der Waals surface area contributed by atoms with Crippen molar-refractivity contribution < 1.29 is 5.11 Å². The third-order valence-electron chi connectivity index (χ3n) is 4.56. The summed E-state index contributed by atoms with van der Waals surface area (Å²) >= 11 is 0. The molecule has 19 heavy (non-hydrogen) atoms. The van der Waals surface area contributed by atoms with Crippen molar-refractivity contribution in [2.24, 2.45) is 11.3 Å². The molecular weight excluding hydrogens is 236 g/mol. The van der Waals surface area contributed by atoms with E-state index in [-0.39, 0.29) is 11.5 Å². The molecule has 1 aromatic rings. The lowest BCUT2D eigenvalue weighted by molar-refractivity contribution is 0.0134. The van der Waals surface area contributed by atoms with Gasteiger partial charge in [0.15, 0.2) is 0 Å². The highest BCUT2D eigenvalue weighted by Crippen LogP contribution is 2.46. The maximum atomic E-state index is 10.7. The fourth-order valence-electron chi connectivity index (χ4n) is 3.69. The van der Waals surface area contributed by atoms with Gasteiger partial charge in [-0.15, -0.1) is 0 Å². The summed E-state index contributed by atoms with van der Waals surface area (Å²) in [4.78, 5) is 0. The van der Waals surface area contributed by atoms with Crippen molar-refractivity contribution >= 4 is 0 Å². The third-order valence-corrected chi connectivity index (χ3v) is 4.56. The molecule has 1 aliphatic rings. The number of aryl methyl sites for hydroxylation is 1. The molecule has 1 heterocycles. The van der Waals surface area contributed by atoms with E-state index in [1.54, 1.807) is 0 Å². The van der Waals surface area contributed by atoms with Crippen LogP contribution >= 0.6 is 0 Å². The molecule has 0 radical (unpaired) electrons. The van der Waals surface area contributed by atoms with Crippen LogP contribution < -0.4 is 0 Å². The van der Waals surface area contributed by atoms with Gasteiger partial charge in [-0.05, 0) is 43.1 Å². The first kappa shape index (κ1) is 14.6. The van der Waals surface area contributed by atoms with Gasteiger partial charge in [0.2, 0.25) is 0 Å². The number of nitrogens with zero attached hydrogens (tertiary/aromatic N) is 2. The highest BCUT2D eigenvalue weighted by molar-refractivity contribution is 5.08. The Balaban J connectivity index is 2.05. The summed E-state index contributed by atoms with van der Waals surface area (Å²) < 4.78 is 1.94. The summed E-state index contributed by atoms with van der Waals surface area (Å²) in [6.07, 6.45) is 10.6. The van der Waals surface area contributed by atoms with Gasteiger partial charge in [0.1, 0.15) is 0 Å². The van der Waals surface area contributed by atoms with Crippen LogP contribution in [0.3, 0.4) is 0 Å². The van der Waals surface area contributed by atoms with E-state index < -0.39 is 0 Å². The summed E-state index contributed by atoms with van der Waals surface area (Å²) in [5, 5.41) is 15.1. The van der Waals surface area contributed by atoms with Crippen molar-refractivity contribution in [2.45, 2.75) is 71.9 Å². The summed E-state index contributed by atoms with van der Waals surface area (Å²) in [6.45, 7) is 7.52. The van der Waals surface area contributed by atoms with E-state index >= 15 is 0 Å². The van der Waals surface area contributed by atoms with E-state index in [1.807, 2.05) is 10.9 Å². The number of aliphatic hydroxyl groups is 1. The Labute approximate surface area is 117 Å². The predicted octanol–water partition coefficient (Wildman–Crippen LogP) is 3.41. The molecule has 1 saturated carbocycles. The standard InChI is InChI=1S/C16H28N2O/c1-4-18-12-14(11-17-18)9-15(19)16(10-13(2)3)7-5-6-8-16/h11-13,15,19H,4-10H2,1-3H3. The summed E-state index contributed by atoms with van der Waals surface area (Å²) in [7, 11) is 0. The van der Waals surface area contributed by atoms with Crippen molar-refractivity contribution in [3.05, 3.63) is 18.0 Å². The lowest BCUT2D eigenvalue weighted by atomic mass is 9.72. The van der Waals surface area contributed by atoms with Crippen LogP contribution in [0.15, 0.2) is 12.4 Å². The van der Waals surface area contributed by atoms with Crippen LogP contribution in [0.4, 0.5) is 0 Å². The quantitative estimate of drug-likeness (QED) is 0.855. The molecular formula is C16H28N2O. The van der Waals surface area contributed by atoms with Crippen LogP contribution in [-0.2, 0) is 13.0 Å². The number of hydrogen-bond donors (Lipinski definition) is 1. The average Bonchev–Trinajstić information content (AvgIpc) is 2.98. The smallest absolute Gasteiger partial charge is 0.0637 e.